The lowest BCUT2D eigenvalue weighted by molar-refractivity contribution is -0.135. The van der Waals surface area contributed by atoms with Crippen molar-refractivity contribution in [3.63, 3.8) is 0 Å². The van der Waals surface area contributed by atoms with Crippen molar-refractivity contribution < 1.29 is 33.4 Å². The van der Waals surface area contributed by atoms with Gasteiger partial charge in [-0.05, 0) is 52.5 Å². The average Bonchev–Trinajstić information content (AvgIpc) is 3.27. The van der Waals surface area contributed by atoms with Gasteiger partial charge in [-0.25, -0.2) is 9.59 Å². The molecule has 0 unspecified atom stereocenters. The SMILES string of the molecule is C=CCOC(=O)N[C@H]1CCCCN(C)C(=O)c2cncc(c2)OC[C@@H]2C[C@H](NC(=O)OC(C)(C)C)CN2C1=O. The molecule has 2 bridgehead atoms. The average molecular weight is 546 g/mol. The van der Waals surface area contributed by atoms with Crippen LogP contribution in [0.1, 0.15) is 56.8 Å². The second-order valence-corrected chi connectivity index (χ2v) is 10.8. The lowest BCUT2D eigenvalue weighted by Gasteiger charge is -2.29. The Morgan fingerprint density at radius 3 is 2.69 bits per heavy atom. The normalized spacial score (nSPS) is 22.5. The van der Waals surface area contributed by atoms with E-state index in [0.29, 0.717) is 43.5 Å². The van der Waals surface area contributed by atoms with Gasteiger partial charge >= 0.3 is 12.2 Å². The van der Waals surface area contributed by atoms with Crippen molar-refractivity contribution in [3.05, 3.63) is 36.7 Å². The summed E-state index contributed by atoms with van der Waals surface area (Å²) in [5.41, 5.74) is -0.269. The molecule has 2 N–H and O–H groups in total. The maximum atomic E-state index is 13.8. The van der Waals surface area contributed by atoms with E-state index in [2.05, 4.69) is 22.2 Å². The van der Waals surface area contributed by atoms with Gasteiger partial charge in [0, 0.05) is 26.3 Å². The highest BCUT2D eigenvalue weighted by molar-refractivity contribution is 5.94. The molecule has 39 heavy (non-hydrogen) atoms. The number of carbonyl (C=O) groups is 4. The first-order chi connectivity index (χ1) is 18.5. The minimum Gasteiger partial charge on any atom is -0.490 e. The summed E-state index contributed by atoms with van der Waals surface area (Å²) in [4.78, 5) is 58.8. The zero-order valence-corrected chi connectivity index (χ0v) is 23.1. The molecule has 3 atom stereocenters. The second-order valence-electron chi connectivity index (χ2n) is 10.8. The van der Waals surface area contributed by atoms with Crippen LogP contribution in [-0.2, 0) is 14.3 Å². The Labute approximate surface area is 229 Å². The van der Waals surface area contributed by atoms with E-state index in [1.54, 1.807) is 43.7 Å². The number of rotatable bonds is 4. The zero-order valence-electron chi connectivity index (χ0n) is 23.1. The maximum absolute atomic E-state index is 13.8. The first kappa shape index (κ1) is 29.7. The van der Waals surface area contributed by atoms with Gasteiger partial charge in [0.05, 0.1) is 23.8 Å². The predicted octanol–water partition coefficient (Wildman–Crippen LogP) is 2.49. The van der Waals surface area contributed by atoms with E-state index in [1.807, 2.05) is 0 Å². The first-order valence-electron chi connectivity index (χ1n) is 13.1. The molecule has 2 aliphatic heterocycles. The van der Waals surface area contributed by atoms with Crippen LogP contribution in [0.25, 0.3) is 0 Å². The molecule has 4 amide bonds. The van der Waals surface area contributed by atoms with Crippen molar-refractivity contribution in [2.24, 2.45) is 0 Å². The third kappa shape index (κ3) is 8.86. The Morgan fingerprint density at radius 1 is 1.21 bits per heavy atom. The minimum atomic E-state index is -0.862. The topological polar surface area (TPSA) is 139 Å². The number of amides is 4. The highest BCUT2D eigenvalue weighted by atomic mass is 16.6. The molecule has 1 aromatic heterocycles. The fraction of sp³-hybridized carbons (Fsp3) is 0.593. The smallest absolute Gasteiger partial charge is 0.408 e. The van der Waals surface area contributed by atoms with Crippen molar-refractivity contribution in [3.8, 4) is 5.75 Å². The summed E-state index contributed by atoms with van der Waals surface area (Å²) in [5, 5.41) is 5.52. The molecule has 3 rings (SSSR count). The van der Waals surface area contributed by atoms with Gasteiger partial charge in [-0.15, -0.1) is 0 Å². The molecule has 0 aromatic carbocycles. The number of hydrogen-bond acceptors (Lipinski definition) is 8. The van der Waals surface area contributed by atoms with Crippen LogP contribution in [-0.4, -0.2) is 95.9 Å². The Hall–Kier alpha value is -3.83. The molecule has 0 spiro atoms. The van der Waals surface area contributed by atoms with Crippen LogP contribution in [0, 0.1) is 0 Å². The number of nitrogens with zero attached hydrogens (tertiary/aromatic N) is 3. The molecule has 0 radical (unpaired) electrons. The molecule has 1 saturated heterocycles. The Morgan fingerprint density at radius 2 is 1.97 bits per heavy atom. The maximum Gasteiger partial charge on any atom is 0.408 e. The third-order valence-electron chi connectivity index (χ3n) is 6.33. The van der Waals surface area contributed by atoms with E-state index in [9.17, 15) is 19.2 Å². The summed E-state index contributed by atoms with van der Waals surface area (Å²) in [7, 11) is 1.70. The summed E-state index contributed by atoms with van der Waals surface area (Å²) in [6.45, 7) is 9.63. The summed E-state index contributed by atoms with van der Waals surface area (Å²) in [6, 6.07) is -0.0374. The van der Waals surface area contributed by atoms with E-state index in [0.717, 1.165) is 0 Å². The molecular formula is C27H39N5O7. The fourth-order valence-corrected chi connectivity index (χ4v) is 4.53. The summed E-state index contributed by atoms with van der Waals surface area (Å²) in [6.07, 6.45) is 5.07. The Kier molecular flexibility index (Phi) is 10.1. The Balaban J connectivity index is 1.85. The molecule has 12 heteroatoms. The number of nitrogens with one attached hydrogen (secondary N) is 2. The molecule has 1 fully saturated rings. The van der Waals surface area contributed by atoms with E-state index >= 15 is 0 Å². The van der Waals surface area contributed by atoms with Gasteiger partial charge in [-0.3, -0.25) is 14.6 Å². The molecule has 1 aromatic rings. The van der Waals surface area contributed by atoms with Crippen LogP contribution in [0.5, 0.6) is 5.75 Å². The molecule has 12 nitrogen and oxygen atoms in total. The highest BCUT2D eigenvalue weighted by Gasteiger charge is 2.40. The van der Waals surface area contributed by atoms with Crippen molar-refractivity contribution in [1.29, 1.82) is 0 Å². The van der Waals surface area contributed by atoms with Gasteiger partial charge in [0.25, 0.3) is 5.91 Å². The largest absolute Gasteiger partial charge is 0.490 e. The second kappa shape index (κ2) is 13.3. The van der Waals surface area contributed by atoms with Gasteiger partial charge in [-0.1, -0.05) is 12.7 Å². The lowest BCUT2D eigenvalue weighted by Crippen LogP contribution is -2.51. The summed E-state index contributed by atoms with van der Waals surface area (Å²) >= 11 is 0. The number of fused-ring (bicyclic) bond motifs is 3. The molecule has 214 valence electrons. The number of pyridine rings is 1. The number of alkyl carbamates (subject to hydrolysis) is 2. The summed E-state index contributed by atoms with van der Waals surface area (Å²) in [5.74, 6) is -0.104. The van der Waals surface area contributed by atoms with E-state index in [1.165, 1.54) is 18.5 Å². The van der Waals surface area contributed by atoms with Gasteiger partial charge in [-0.2, -0.15) is 0 Å². The van der Waals surface area contributed by atoms with Crippen molar-refractivity contribution in [2.45, 2.75) is 70.2 Å². The van der Waals surface area contributed by atoms with Gasteiger partial charge in [0.1, 0.15) is 30.6 Å². The number of aromatic nitrogens is 1. The first-order valence-corrected chi connectivity index (χ1v) is 13.1. The van der Waals surface area contributed by atoms with Crippen LogP contribution in [0.2, 0.25) is 0 Å². The van der Waals surface area contributed by atoms with E-state index < -0.39 is 29.9 Å². The number of carbonyl (C=O) groups excluding carboxylic acids is 4. The Bertz CT molecular complexity index is 1060. The highest BCUT2D eigenvalue weighted by Crippen LogP contribution is 2.23. The van der Waals surface area contributed by atoms with E-state index in [-0.39, 0.29) is 37.6 Å². The van der Waals surface area contributed by atoms with Crippen molar-refractivity contribution >= 4 is 24.0 Å². The van der Waals surface area contributed by atoms with Crippen LogP contribution in [0.3, 0.4) is 0 Å². The molecule has 0 aliphatic carbocycles. The zero-order chi connectivity index (χ0) is 28.6. The molecule has 0 saturated carbocycles. The van der Waals surface area contributed by atoms with Gasteiger partial charge in [0.15, 0.2) is 0 Å². The standard InChI is InChI=1S/C27H39N5O7/c1-6-11-37-25(35)30-22-9-7-8-10-31(5)23(33)18-12-21(15-28-14-18)38-17-20-13-19(16-32(20)24(22)34)29-26(36)39-27(2,3)4/h6,12,14-15,19-20,22H,1,7-11,13,16-17H2,2-5H3,(H,29,36)(H,30,35)/t19-,20-,22-/m0/s1. The number of ether oxygens (including phenoxy) is 3. The van der Waals surface area contributed by atoms with Gasteiger partial charge < -0.3 is 34.6 Å². The fourth-order valence-electron chi connectivity index (χ4n) is 4.53. The van der Waals surface area contributed by atoms with Crippen LogP contribution >= 0.6 is 0 Å². The van der Waals surface area contributed by atoms with Crippen LogP contribution in [0.4, 0.5) is 9.59 Å². The van der Waals surface area contributed by atoms with Gasteiger partial charge in [0.2, 0.25) is 5.91 Å². The third-order valence-corrected chi connectivity index (χ3v) is 6.33. The van der Waals surface area contributed by atoms with Crippen molar-refractivity contribution in [2.75, 3.05) is 33.4 Å². The van der Waals surface area contributed by atoms with E-state index in [4.69, 9.17) is 14.2 Å². The van der Waals surface area contributed by atoms with Crippen LogP contribution in [0.15, 0.2) is 31.1 Å². The quantitative estimate of drug-likeness (QED) is 0.550. The predicted molar refractivity (Wildman–Crippen MR) is 142 cm³/mol. The molecular weight excluding hydrogens is 506 g/mol. The van der Waals surface area contributed by atoms with Crippen molar-refractivity contribution in [1.82, 2.24) is 25.4 Å². The molecule has 3 heterocycles. The summed E-state index contributed by atoms with van der Waals surface area (Å²) < 4.78 is 16.4. The van der Waals surface area contributed by atoms with Crippen LogP contribution < -0.4 is 15.4 Å². The number of hydrogen-bond donors (Lipinski definition) is 2. The monoisotopic (exact) mass is 545 g/mol. The lowest BCUT2D eigenvalue weighted by atomic mass is 10.1. The molecule has 2 aliphatic rings. The minimum absolute atomic E-state index is 0.00816.